The fourth-order valence-electron chi connectivity index (χ4n) is 2.85. The molecule has 0 radical (unpaired) electrons. The summed E-state index contributed by atoms with van der Waals surface area (Å²) < 4.78 is 27.0. The van der Waals surface area contributed by atoms with E-state index in [-0.39, 0.29) is 17.7 Å². The van der Waals surface area contributed by atoms with E-state index in [4.69, 9.17) is 11.6 Å². The molecule has 1 amide bonds. The van der Waals surface area contributed by atoms with Gasteiger partial charge >= 0.3 is 0 Å². The second-order valence-electron chi connectivity index (χ2n) is 5.82. The molecule has 0 saturated carbocycles. The molecule has 0 aliphatic rings. The molecule has 1 heterocycles. The lowest BCUT2D eigenvalue weighted by molar-refractivity contribution is -0.110. The van der Waals surface area contributed by atoms with Crippen LogP contribution in [0, 0.1) is 11.6 Å². The molecule has 0 spiro atoms. The van der Waals surface area contributed by atoms with Gasteiger partial charge in [0, 0.05) is 11.1 Å². The number of H-pyrrole nitrogens is 1. The van der Waals surface area contributed by atoms with Gasteiger partial charge in [-0.15, -0.1) is 0 Å². The van der Waals surface area contributed by atoms with Crippen LogP contribution in [0.15, 0.2) is 53.6 Å². The third-order valence-electron chi connectivity index (χ3n) is 3.98. The maximum absolute atomic E-state index is 13.5. The minimum absolute atomic E-state index is 0.0461. The molecule has 1 unspecified atom stereocenters. The number of rotatable bonds is 6. The molecule has 0 aliphatic heterocycles. The molecule has 5 nitrogen and oxygen atoms in total. The summed E-state index contributed by atoms with van der Waals surface area (Å²) in [5.74, 6) is -1.46. The summed E-state index contributed by atoms with van der Waals surface area (Å²) in [6, 6.07) is 8.87. The van der Waals surface area contributed by atoms with E-state index in [1.165, 1.54) is 6.33 Å². The summed E-state index contributed by atoms with van der Waals surface area (Å²) in [6.45, 7) is 0. The summed E-state index contributed by atoms with van der Waals surface area (Å²) >= 11 is 5.90. The van der Waals surface area contributed by atoms with Crippen molar-refractivity contribution < 1.29 is 13.6 Å². The summed E-state index contributed by atoms with van der Waals surface area (Å²) in [6.07, 6.45) is 1.71. The number of hydrogen-bond acceptors (Lipinski definition) is 3. The van der Waals surface area contributed by atoms with E-state index in [9.17, 15) is 18.4 Å². The van der Waals surface area contributed by atoms with E-state index in [1.807, 2.05) is 0 Å². The third kappa shape index (κ3) is 4.38. The predicted octanol–water partition coefficient (Wildman–Crippen LogP) is 3.40. The van der Waals surface area contributed by atoms with Crippen molar-refractivity contribution in [1.29, 1.82) is 0 Å². The first-order valence-electron chi connectivity index (χ1n) is 7.96. The molecule has 3 rings (SSSR count). The zero-order valence-corrected chi connectivity index (χ0v) is 14.6. The highest BCUT2D eigenvalue weighted by molar-refractivity contribution is 6.30. The lowest BCUT2D eigenvalue weighted by Gasteiger charge is -2.18. The Bertz CT molecular complexity index is 1000. The van der Waals surface area contributed by atoms with Crippen LogP contribution in [0.2, 0.25) is 5.02 Å². The Morgan fingerprint density at radius 3 is 2.44 bits per heavy atom. The fraction of sp³-hybridized carbons (Fsp3) is 0.105. The van der Waals surface area contributed by atoms with Crippen LogP contribution in [0.1, 0.15) is 17.3 Å². The molecule has 0 fully saturated rings. The second-order valence-corrected chi connectivity index (χ2v) is 6.25. The molecule has 2 aromatic carbocycles. The Hall–Kier alpha value is -3.06. The van der Waals surface area contributed by atoms with Gasteiger partial charge in [0.25, 0.3) is 5.56 Å². The molecule has 138 valence electrons. The van der Waals surface area contributed by atoms with Crippen LogP contribution in [0.25, 0.3) is 11.1 Å². The van der Waals surface area contributed by atoms with E-state index < -0.39 is 23.2 Å². The van der Waals surface area contributed by atoms with E-state index in [0.29, 0.717) is 22.6 Å². The molecule has 27 heavy (non-hydrogen) atoms. The number of halogens is 3. The number of hydrogen-bond donors (Lipinski definition) is 2. The normalized spacial score (nSPS) is 11.8. The van der Waals surface area contributed by atoms with E-state index >= 15 is 0 Å². The van der Waals surface area contributed by atoms with Crippen LogP contribution in [-0.4, -0.2) is 16.4 Å². The smallest absolute Gasteiger partial charge is 0.258 e. The summed E-state index contributed by atoms with van der Waals surface area (Å²) in [5.41, 5.74) is 0.969. The molecule has 1 aromatic heterocycles. The number of nitrogens with one attached hydrogen (secondary N) is 2. The maximum Gasteiger partial charge on any atom is 0.258 e. The lowest BCUT2D eigenvalue weighted by Crippen LogP contribution is -2.26. The van der Waals surface area contributed by atoms with Crippen molar-refractivity contribution in [3.63, 3.8) is 0 Å². The third-order valence-corrected chi connectivity index (χ3v) is 4.23. The lowest BCUT2D eigenvalue weighted by atomic mass is 9.96. The number of nitrogens with zero attached hydrogens (tertiary/aromatic N) is 1. The van der Waals surface area contributed by atoms with Crippen LogP contribution in [0.3, 0.4) is 0 Å². The molecule has 2 N–H and O–H groups in total. The van der Waals surface area contributed by atoms with Crippen LogP contribution >= 0.6 is 11.6 Å². The Labute approximate surface area is 158 Å². The average Bonchev–Trinajstić information content (AvgIpc) is 2.61. The number of aromatic nitrogens is 2. The molecule has 0 aliphatic carbocycles. The first-order valence-corrected chi connectivity index (χ1v) is 8.34. The van der Waals surface area contributed by atoms with Gasteiger partial charge in [-0.2, -0.15) is 0 Å². The van der Waals surface area contributed by atoms with Gasteiger partial charge in [0.1, 0.15) is 11.6 Å². The SMILES string of the molecule is O=CNC(Cc1cc(F)cc(F)c1)c1nc[nH]c(=O)c1-c1ccc(Cl)cc1. The van der Waals surface area contributed by atoms with Crippen LogP contribution in [0.4, 0.5) is 8.78 Å². The van der Waals surface area contributed by atoms with Gasteiger partial charge < -0.3 is 10.3 Å². The molecule has 1 atom stereocenters. The van der Waals surface area contributed by atoms with Crippen LogP contribution < -0.4 is 10.9 Å². The summed E-state index contributed by atoms with van der Waals surface area (Å²) in [4.78, 5) is 30.2. The topological polar surface area (TPSA) is 74.8 Å². The summed E-state index contributed by atoms with van der Waals surface area (Å²) in [5, 5.41) is 3.07. The van der Waals surface area contributed by atoms with Crippen molar-refractivity contribution in [3.05, 3.63) is 87.1 Å². The number of benzene rings is 2. The maximum atomic E-state index is 13.5. The first-order chi connectivity index (χ1) is 13.0. The largest absolute Gasteiger partial charge is 0.350 e. The second kappa shape index (κ2) is 8.09. The minimum atomic E-state index is -0.767. The number of carbonyl (C=O) groups is 1. The zero-order valence-electron chi connectivity index (χ0n) is 13.9. The average molecular weight is 390 g/mol. The monoisotopic (exact) mass is 389 g/mol. The fourth-order valence-corrected chi connectivity index (χ4v) is 2.98. The number of carbonyl (C=O) groups excluding carboxylic acids is 1. The van der Waals surface area contributed by atoms with Gasteiger partial charge in [0.2, 0.25) is 6.41 Å². The van der Waals surface area contributed by atoms with Gasteiger partial charge in [0.15, 0.2) is 0 Å². The highest BCUT2D eigenvalue weighted by Gasteiger charge is 2.21. The van der Waals surface area contributed by atoms with Crippen molar-refractivity contribution in [1.82, 2.24) is 15.3 Å². The van der Waals surface area contributed by atoms with Crippen molar-refractivity contribution in [2.75, 3.05) is 0 Å². The predicted molar refractivity (Wildman–Crippen MR) is 97.3 cm³/mol. The Balaban J connectivity index is 2.08. The van der Waals surface area contributed by atoms with Crippen LogP contribution in [-0.2, 0) is 11.2 Å². The van der Waals surface area contributed by atoms with Gasteiger partial charge in [0.05, 0.1) is 23.6 Å². The molecular formula is C19H14ClF2N3O2. The van der Waals surface area contributed by atoms with Gasteiger partial charge in [-0.05, 0) is 41.8 Å². The first kappa shape index (κ1) is 18.7. The van der Waals surface area contributed by atoms with Crippen molar-refractivity contribution in [2.45, 2.75) is 12.5 Å². The highest BCUT2D eigenvalue weighted by atomic mass is 35.5. The highest BCUT2D eigenvalue weighted by Crippen LogP contribution is 2.27. The van der Waals surface area contributed by atoms with Crippen molar-refractivity contribution >= 4 is 18.0 Å². The van der Waals surface area contributed by atoms with Gasteiger partial charge in [-0.25, -0.2) is 13.8 Å². The van der Waals surface area contributed by atoms with Crippen molar-refractivity contribution in [2.24, 2.45) is 0 Å². The molecule has 0 bridgehead atoms. The Morgan fingerprint density at radius 2 is 1.81 bits per heavy atom. The molecule has 8 heteroatoms. The number of amides is 1. The van der Waals surface area contributed by atoms with Gasteiger partial charge in [-0.3, -0.25) is 9.59 Å². The zero-order chi connectivity index (χ0) is 19.4. The van der Waals surface area contributed by atoms with Gasteiger partial charge in [-0.1, -0.05) is 23.7 Å². The van der Waals surface area contributed by atoms with Crippen molar-refractivity contribution in [3.8, 4) is 11.1 Å². The summed E-state index contributed by atoms with van der Waals surface area (Å²) in [7, 11) is 0. The quantitative estimate of drug-likeness (QED) is 0.634. The van der Waals surface area contributed by atoms with E-state index in [1.54, 1.807) is 24.3 Å². The molecule has 3 aromatic rings. The molecule has 0 saturated heterocycles. The minimum Gasteiger partial charge on any atom is -0.350 e. The Kier molecular flexibility index (Phi) is 5.61. The standard InChI is InChI=1S/C19H14ClF2N3O2/c20-13-3-1-12(2-4-13)17-18(23-9-24-19(17)27)16(25-10-26)7-11-5-14(21)8-15(22)6-11/h1-6,8-10,16H,7H2,(H,25,26)(H,23,24,27). The Morgan fingerprint density at radius 1 is 1.15 bits per heavy atom. The molecular weight excluding hydrogens is 376 g/mol. The van der Waals surface area contributed by atoms with E-state index in [0.717, 1.165) is 18.2 Å². The van der Waals surface area contributed by atoms with E-state index in [2.05, 4.69) is 15.3 Å². The number of aromatic amines is 1. The van der Waals surface area contributed by atoms with Crippen LogP contribution in [0.5, 0.6) is 0 Å².